The van der Waals surface area contributed by atoms with E-state index in [-0.39, 0.29) is 0 Å². The van der Waals surface area contributed by atoms with Crippen LogP contribution in [0.25, 0.3) is 0 Å². The Bertz CT molecular complexity index is 337. The summed E-state index contributed by atoms with van der Waals surface area (Å²) in [5, 5.41) is 3.45. The molecule has 0 aliphatic heterocycles. The molecule has 1 fully saturated rings. The highest BCUT2D eigenvalue weighted by Gasteiger charge is 2.48. The highest BCUT2D eigenvalue weighted by molar-refractivity contribution is 5.42. The smallest absolute Gasteiger partial charge is 0.147 e. The largest absolute Gasteiger partial charge is 0.365 e. The molecule has 1 saturated carbocycles. The first kappa shape index (κ1) is 9.44. The highest BCUT2D eigenvalue weighted by Crippen LogP contribution is 2.49. The lowest BCUT2D eigenvalue weighted by atomic mass is 10.1. The van der Waals surface area contributed by atoms with Crippen molar-refractivity contribution < 1.29 is 0 Å². The summed E-state index contributed by atoms with van der Waals surface area (Å²) >= 11 is 0. The summed E-state index contributed by atoms with van der Waals surface area (Å²) < 4.78 is 0. The molecule has 1 aliphatic carbocycles. The third-order valence-corrected chi connectivity index (χ3v) is 3.35. The van der Waals surface area contributed by atoms with Gasteiger partial charge in [-0.05, 0) is 25.2 Å². The van der Waals surface area contributed by atoms with E-state index >= 15 is 0 Å². The van der Waals surface area contributed by atoms with Crippen LogP contribution in [0.4, 0.5) is 5.82 Å². The number of hydrogen-bond donors (Lipinski definition) is 1. The summed E-state index contributed by atoms with van der Waals surface area (Å²) in [5.41, 5.74) is 1.46. The van der Waals surface area contributed by atoms with Crippen molar-refractivity contribution in [3.8, 4) is 0 Å². The van der Waals surface area contributed by atoms with E-state index in [2.05, 4.69) is 29.1 Å². The molecule has 0 saturated heterocycles. The van der Waals surface area contributed by atoms with E-state index in [0.717, 1.165) is 11.5 Å². The first-order valence-electron chi connectivity index (χ1n) is 5.20. The lowest BCUT2D eigenvalue weighted by Gasteiger charge is -2.10. The minimum Gasteiger partial charge on any atom is -0.365 e. The summed E-state index contributed by atoms with van der Waals surface area (Å²) in [7, 11) is 0. The van der Waals surface area contributed by atoms with Crippen molar-refractivity contribution >= 4 is 5.82 Å². The molecule has 76 valence electrons. The van der Waals surface area contributed by atoms with Gasteiger partial charge in [-0.1, -0.05) is 13.8 Å². The van der Waals surface area contributed by atoms with Gasteiger partial charge in [-0.25, -0.2) is 4.98 Å². The molecule has 3 heteroatoms. The Balaban J connectivity index is 2.04. The Morgan fingerprint density at radius 2 is 2.21 bits per heavy atom. The first-order valence-corrected chi connectivity index (χ1v) is 5.20. The molecule has 1 aromatic rings. The minimum atomic E-state index is 0.476. The summed E-state index contributed by atoms with van der Waals surface area (Å²) in [5.74, 6) is 0.940. The predicted octanol–water partition coefficient (Wildman–Crippen LogP) is 2.39. The molecule has 0 bridgehead atoms. The Morgan fingerprint density at radius 3 is 2.79 bits per heavy atom. The molecule has 1 aliphatic rings. The topological polar surface area (TPSA) is 37.8 Å². The van der Waals surface area contributed by atoms with Crippen molar-refractivity contribution in [2.24, 2.45) is 5.41 Å². The molecular weight excluding hydrogens is 174 g/mol. The average molecular weight is 191 g/mol. The highest BCUT2D eigenvalue weighted by atomic mass is 15.1. The van der Waals surface area contributed by atoms with Crippen molar-refractivity contribution in [2.45, 2.75) is 39.7 Å². The van der Waals surface area contributed by atoms with Crippen LogP contribution in [-0.4, -0.2) is 16.0 Å². The fraction of sp³-hybridized carbons (Fsp3) is 0.636. The van der Waals surface area contributed by atoms with Gasteiger partial charge in [0.25, 0.3) is 0 Å². The molecule has 0 amide bonds. The number of rotatable bonds is 3. The first-order chi connectivity index (χ1) is 6.65. The van der Waals surface area contributed by atoms with Crippen molar-refractivity contribution in [3.05, 3.63) is 18.1 Å². The van der Waals surface area contributed by atoms with Gasteiger partial charge in [0.2, 0.25) is 0 Å². The van der Waals surface area contributed by atoms with E-state index in [1.54, 1.807) is 12.4 Å². The molecule has 1 aromatic heterocycles. The molecule has 3 nitrogen and oxygen atoms in total. The van der Waals surface area contributed by atoms with Crippen LogP contribution in [0.1, 0.15) is 32.4 Å². The van der Waals surface area contributed by atoms with E-state index in [1.807, 2.05) is 6.92 Å². The van der Waals surface area contributed by atoms with Gasteiger partial charge in [-0.2, -0.15) is 0 Å². The molecule has 1 heterocycles. The summed E-state index contributed by atoms with van der Waals surface area (Å²) in [4.78, 5) is 8.49. The monoisotopic (exact) mass is 191 g/mol. The molecular formula is C11H17N3. The van der Waals surface area contributed by atoms with Crippen LogP contribution in [0.3, 0.4) is 0 Å². The van der Waals surface area contributed by atoms with Gasteiger partial charge in [0, 0.05) is 18.4 Å². The van der Waals surface area contributed by atoms with Crippen LogP contribution in [0.2, 0.25) is 0 Å². The van der Waals surface area contributed by atoms with Crippen molar-refractivity contribution in [1.82, 2.24) is 9.97 Å². The molecule has 1 N–H and O–H groups in total. The van der Waals surface area contributed by atoms with Crippen LogP contribution in [-0.2, 0) is 0 Å². The summed E-state index contributed by atoms with van der Waals surface area (Å²) in [6, 6.07) is 0.586. The fourth-order valence-corrected chi connectivity index (χ4v) is 1.74. The third-order valence-electron chi connectivity index (χ3n) is 3.35. The third kappa shape index (κ3) is 1.59. The summed E-state index contributed by atoms with van der Waals surface area (Å²) in [6.45, 7) is 6.54. The Morgan fingerprint density at radius 1 is 1.50 bits per heavy atom. The van der Waals surface area contributed by atoms with Gasteiger partial charge in [0.05, 0.1) is 5.69 Å². The molecule has 2 unspecified atom stereocenters. The Hall–Kier alpha value is -1.12. The Labute approximate surface area is 85.0 Å². The SMILES string of the molecule is CCC1(C)CC1Nc1nccnc1C. The number of hydrogen-bond acceptors (Lipinski definition) is 3. The quantitative estimate of drug-likeness (QED) is 0.797. The molecule has 0 radical (unpaired) electrons. The van der Waals surface area contributed by atoms with Crippen LogP contribution < -0.4 is 5.32 Å². The zero-order valence-corrected chi connectivity index (χ0v) is 9.04. The second-order valence-electron chi connectivity index (χ2n) is 4.40. The van der Waals surface area contributed by atoms with Gasteiger partial charge >= 0.3 is 0 Å². The van der Waals surface area contributed by atoms with Crippen molar-refractivity contribution in [2.75, 3.05) is 5.32 Å². The van der Waals surface area contributed by atoms with Crippen LogP contribution in [0.5, 0.6) is 0 Å². The average Bonchev–Trinajstić information content (AvgIpc) is 2.82. The predicted molar refractivity (Wildman–Crippen MR) is 57.2 cm³/mol. The zero-order valence-electron chi connectivity index (χ0n) is 9.04. The molecule has 0 spiro atoms. The Kier molecular flexibility index (Phi) is 2.17. The normalized spacial score (nSPS) is 30.1. The molecule has 14 heavy (non-hydrogen) atoms. The van der Waals surface area contributed by atoms with Crippen LogP contribution in [0.15, 0.2) is 12.4 Å². The number of aryl methyl sites for hydroxylation is 1. The molecule has 2 atom stereocenters. The van der Waals surface area contributed by atoms with Crippen molar-refractivity contribution in [3.63, 3.8) is 0 Å². The lowest BCUT2D eigenvalue weighted by molar-refractivity contribution is 0.535. The maximum Gasteiger partial charge on any atom is 0.147 e. The number of anilines is 1. The maximum atomic E-state index is 4.28. The van der Waals surface area contributed by atoms with E-state index in [4.69, 9.17) is 0 Å². The molecule has 2 rings (SSSR count). The van der Waals surface area contributed by atoms with Gasteiger partial charge in [0.1, 0.15) is 5.82 Å². The second kappa shape index (κ2) is 3.23. The van der Waals surface area contributed by atoms with Gasteiger partial charge in [0.15, 0.2) is 0 Å². The standard InChI is InChI=1S/C11H17N3/c1-4-11(3)7-9(11)14-10-8(2)12-5-6-13-10/h5-6,9H,4,7H2,1-3H3,(H,13,14). The van der Waals surface area contributed by atoms with E-state index in [0.29, 0.717) is 11.5 Å². The maximum absolute atomic E-state index is 4.28. The van der Waals surface area contributed by atoms with E-state index in [9.17, 15) is 0 Å². The minimum absolute atomic E-state index is 0.476. The second-order valence-corrected chi connectivity index (χ2v) is 4.40. The summed E-state index contributed by atoms with van der Waals surface area (Å²) in [6.07, 6.45) is 5.94. The van der Waals surface area contributed by atoms with Gasteiger partial charge in [-0.15, -0.1) is 0 Å². The van der Waals surface area contributed by atoms with Gasteiger partial charge < -0.3 is 5.32 Å². The van der Waals surface area contributed by atoms with Crippen molar-refractivity contribution in [1.29, 1.82) is 0 Å². The molecule has 0 aromatic carbocycles. The zero-order chi connectivity index (χ0) is 10.2. The lowest BCUT2D eigenvalue weighted by Crippen LogP contribution is -2.12. The van der Waals surface area contributed by atoms with Crippen LogP contribution >= 0.6 is 0 Å². The van der Waals surface area contributed by atoms with Crippen LogP contribution in [0, 0.1) is 12.3 Å². The number of nitrogens with one attached hydrogen (secondary N) is 1. The van der Waals surface area contributed by atoms with E-state index < -0.39 is 0 Å². The fourth-order valence-electron chi connectivity index (χ4n) is 1.74. The number of nitrogens with zero attached hydrogens (tertiary/aromatic N) is 2. The number of aromatic nitrogens is 2. The van der Waals surface area contributed by atoms with E-state index in [1.165, 1.54) is 12.8 Å². The van der Waals surface area contributed by atoms with Gasteiger partial charge in [-0.3, -0.25) is 4.98 Å².